The Morgan fingerprint density at radius 3 is 2.75 bits per heavy atom. The molecule has 2 unspecified atom stereocenters. The summed E-state index contributed by atoms with van der Waals surface area (Å²) in [6.45, 7) is 0. The summed E-state index contributed by atoms with van der Waals surface area (Å²) in [6.07, 6.45) is 2.49. The lowest BCUT2D eigenvalue weighted by molar-refractivity contribution is -0.138. The molecule has 2 rings (SSSR count). The predicted octanol–water partition coefficient (Wildman–Crippen LogP) is 3.29. The zero-order valence-corrected chi connectivity index (χ0v) is 12.0. The van der Waals surface area contributed by atoms with Crippen molar-refractivity contribution in [1.82, 2.24) is 0 Å². The van der Waals surface area contributed by atoms with E-state index in [9.17, 15) is 9.18 Å². The van der Waals surface area contributed by atoms with E-state index in [1.807, 2.05) is 6.07 Å². The highest BCUT2D eigenvalue weighted by molar-refractivity contribution is 5.82. The zero-order chi connectivity index (χ0) is 14.5. The fourth-order valence-corrected chi connectivity index (χ4v) is 3.04. The van der Waals surface area contributed by atoms with Gasteiger partial charge in [-0.25, -0.2) is 4.39 Å². The normalized spacial score (nSPS) is 23.3. The second-order valence-electron chi connectivity index (χ2n) is 5.26. The third-order valence-corrected chi connectivity index (χ3v) is 4.09. The van der Waals surface area contributed by atoms with E-state index in [-0.39, 0.29) is 23.4 Å². The van der Waals surface area contributed by atoms with Crippen LogP contribution in [0.4, 0.5) is 4.39 Å². The molecule has 0 amide bonds. The van der Waals surface area contributed by atoms with Gasteiger partial charge in [0.1, 0.15) is 11.6 Å². The van der Waals surface area contributed by atoms with Crippen molar-refractivity contribution >= 4 is 5.78 Å². The molecule has 0 bridgehead atoms. The van der Waals surface area contributed by atoms with Gasteiger partial charge in [-0.3, -0.25) is 4.79 Å². The van der Waals surface area contributed by atoms with Crippen LogP contribution in [0.2, 0.25) is 0 Å². The maximum absolute atomic E-state index is 13.4. The first-order valence-electron chi connectivity index (χ1n) is 6.99. The third kappa shape index (κ3) is 3.44. The maximum atomic E-state index is 13.4. The SMILES string of the molecule is COC(CC1C(=O)CCCC1c1cccc(F)c1)OC. The monoisotopic (exact) mass is 280 g/mol. The summed E-state index contributed by atoms with van der Waals surface area (Å²) in [7, 11) is 3.14. The first-order valence-corrected chi connectivity index (χ1v) is 6.99. The van der Waals surface area contributed by atoms with E-state index in [1.165, 1.54) is 12.1 Å². The van der Waals surface area contributed by atoms with Crippen LogP contribution >= 0.6 is 0 Å². The van der Waals surface area contributed by atoms with Crippen molar-refractivity contribution in [2.45, 2.75) is 37.9 Å². The molecule has 1 aliphatic carbocycles. The smallest absolute Gasteiger partial charge is 0.157 e. The van der Waals surface area contributed by atoms with Gasteiger partial charge < -0.3 is 9.47 Å². The van der Waals surface area contributed by atoms with Crippen molar-refractivity contribution in [2.75, 3.05) is 14.2 Å². The molecular formula is C16H21FO3. The molecule has 110 valence electrons. The van der Waals surface area contributed by atoms with Crippen molar-refractivity contribution in [3.63, 3.8) is 0 Å². The van der Waals surface area contributed by atoms with E-state index in [4.69, 9.17) is 9.47 Å². The molecule has 3 nitrogen and oxygen atoms in total. The van der Waals surface area contributed by atoms with Crippen LogP contribution in [0, 0.1) is 11.7 Å². The van der Waals surface area contributed by atoms with Gasteiger partial charge >= 0.3 is 0 Å². The second kappa shape index (κ2) is 6.95. The molecule has 20 heavy (non-hydrogen) atoms. The van der Waals surface area contributed by atoms with E-state index in [0.717, 1.165) is 18.4 Å². The molecule has 0 aliphatic heterocycles. The number of ether oxygens (including phenoxy) is 2. The molecule has 0 radical (unpaired) electrons. The topological polar surface area (TPSA) is 35.5 Å². The number of hydrogen-bond acceptors (Lipinski definition) is 3. The van der Waals surface area contributed by atoms with Crippen LogP contribution in [-0.4, -0.2) is 26.3 Å². The summed E-state index contributed by atoms with van der Waals surface area (Å²) in [5.74, 6) is -0.130. The van der Waals surface area contributed by atoms with Crippen LogP contribution in [0.5, 0.6) is 0 Å². The highest BCUT2D eigenvalue weighted by atomic mass is 19.1. The van der Waals surface area contributed by atoms with Crippen molar-refractivity contribution in [3.05, 3.63) is 35.6 Å². The van der Waals surface area contributed by atoms with E-state index in [1.54, 1.807) is 20.3 Å². The fourth-order valence-electron chi connectivity index (χ4n) is 3.04. The van der Waals surface area contributed by atoms with Crippen LogP contribution in [0.25, 0.3) is 0 Å². The van der Waals surface area contributed by atoms with Gasteiger partial charge in [0.05, 0.1) is 0 Å². The Labute approximate surface area is 119 Å². The van der Waals surface area contributed by atoms with Gasteiger partial charge in [-0.1, -0.05) is 12.1 Å². The Hall–Kier alpha value is -1.26. The first-order chi connectivity index (χ1) is 9.65. The lowest BCUT2D eigenvalue weighted by Gasteiger charge is -2.32. The average molecular weight is 280 g/mol. The van der Waals surface area contributed by atoms with Crippen LogP contribution in [0.15, 0.2) is 24.3 Å². The number of halogens is 1. The summed E-state index contributed by atoms with van der Waals surface area (Å²) < 4.78 is 23.8. The molecule has 0 N–H and O–H groups in total. The van der Waals surface area contributed by atoms with Crippen LogP contribution in [-0.2, 0) is 14.3 Å². The van der Waals surface area contributed by atoms with Crippen LogP contribution in [0.1, 0.15) is 37.2 Å². The lowest BCUT2D eigenvalue weighted by atomic mass is 9.73. The minimum Gasteiger partial charge on any atom is -0.356 e. The zero-order valence-electron chi connectivity index (χ0n) is 12.0. The first kappa shape index (κ1) is 15.1. The van der Waals surface area contributed by atoms with Crippen molar-refractivity contribution in [2.24, 2.45) is 5.92 Å². The molecule has 2 atom stereocenters. The Bertz CT molecular complexity index is 457. The maximum Gasteiger partial charge on any atom is 0.157 e. The Morgan fingerprint density at radius 1 is 1.35 bits per heavy atom. The number of carbonyl (C=O) groups is 1. The lowest BCUT2D eigenvalue weighted by Crippen LogP contribution is -2.31. The third-order valence-electron chi connectivity index (χ3n) is 4.09. The molecular weight excluding hydrogens is 259 g/mol. The second-order valence-corrected chi connectivity index (χ2v) is 5.26. The highest BCUT2D eigenvalue weighted by Gasteiger charge is 2.34. The number of benzene rings is 1. The summed E-state index contributed by atoms with van der Waals surface area (Å²) in [5.41, 5.74) is 0.897. The van der Waals surface area contributed by atoms with E-state index in [2.05, 4.69) is 0 Å². The number of carbonyl (C=O) groups excluding carboxylic acids is 1. The highest BCUT2D eigenvalue weighted by Crippen LogP contribution is 2.38. The van der Waals surface area contributed by atoms with Gasteiger partial charge in [0.15, 0.2) is 6.29 Å². The predicted molar refractivity (Wildman–Crippen MR) is 73.9 cm³/mol. The van der Waals surface area contributed by atoms with Gasteiger partial charge in [0.2, 0.25) is 0 Å². The van der Waals surface area contributed by atoms with Gasteiger partial charge in [0, 0.05) is 33.0 Å². The summed E-state index contributed by atoms with van der Waals surface area (Å²) in [6, 6.07) is 6.56. The molecule has 1 fully saturated rings. The van der Waals surface area contributed by atoms with Gasteiger partial charge in [-0.2, -0.15) is 0 Å². The molecule has 1 aromatic carbocycles. The summed E-state index contributed by atoms with van der Waals surface area (Å²) in [5, 5.41) is 0. The molecule has 1 aliphatic rings. The Kier molecular flexibility index (Phi) is 5.26. The number of hydrogen-bond donors (Lipinski definition) is 0. The van der Waals surface area contributed by atoms with Crippen LogP contribution in [0.3, 0.4) is 0 Å². The van der Waals surface area contributed by atoms with Crippen molar-refractivity contribution in [1.29, 1.82) is 0 Å². The quantitative estimate of drug-likeness (QED) is 0.776. The Balaban J connectivity index is 2.21. The molecule has 4 heteroatoms. The van der Waals surface area contributed by atoms with Crippen molar-refractivity contribution in [3.8, 4) is 0 Å². The van der Waals surface area contributed by atoms with Gasteiger partial charge in [0.25, 0.3) is 0 Å². The number of methoxy groups -OCH3 is 2. The van der Waals surface area contributed by atoms with Crippen molar-refractivity contribution < 1.29 is 18.7 Å². The number of Topliss-reactive ketones (excluding diaryl/α,β-unsaturated/α-hetero) is 1. The fraction of sp³-hybridized carbons (Fsp3) is 0.562. The van der Waals surface area contributed by atoms with E-state index >= 15 is 0 Å². The molecule has 1 saturated carbocycles. The minimum atomic E-state index is -0.391. The standard InChI is InChI=1S/C16H21FO3/c1-19-16(20-2)10-14-13(7-4-8-15(14)18)11-5-3-6-12(17)9-11/h3,5-6,9,13-14,16H,4,7-8,10H2,1-2H3. The minimum absolute atomic E-state index is 0.0553. The number of rotatable bonds is 5. The van der Waals surface area contributed by atoms with E-state index < -0.39 is 6.29 Å². The average Bonchev–Trinajstić information content (AvgIpc) is 2.46. The Morgan fingerprint density at radius 2 is 2.10 bits per heavy atom. The molecule has 0 aromatic heterocycles. The van der Waals surface area contributed by atoms with Gasteiger partial charge in [-0.05, 0) is 36.5 Å². The molecule has 0 heterocycles. The van der Waals surface area contributed by atoms with E-state index in [0.29, 0.717) is 12.8 Å². The molecule has 1 aromatic rings. The van der Waals surface area contributed by atoms with Crippen LogP contribution < -0.4 is 0 Å². The number of ketones is 1. The largest absolute Gasteiger partial charge is 0.356 e. The molecule has 0 spiro atoms. The summed E-state index contributed by atoms with van der Waals surface area (Å²) >= 11 is 0. The van der Waals surface area contributed by atoms with Gasteiger partial charge in [-0.15, -0.1) is 0 Å². The summed E-state index contributed by atoms with van der Waals surface area (Å²) in [4.78, 5) is 12.2. The molecule has 0 saturated heterocycles.